The summed E-state index contributed by atoms with van der Waals surface area (Å²) in [5.41, 5.74) is 1.70. The second-order valence-electron chi connectivity index (χ2n) is 3.97. The first-order valence-corrected chi connectivity index (χ1v) is 5.60. The van der Waals surface area contributed by atoms with E-state index in [9.17, 15) is 4.39 Å². The van der Waals surface area contributed by atoms with Crippen molar-refractivity contribution in [1.82, 2.24) is 0 Å². The molecule has 0 radical (unpaired) electrons. The molecule has 0 aliphatic carbocycles. The highest BCUT2D eigenvalue weighted by molar-refractivity contribution is 5.69. The number of nitriles is 2. The molecule has 0 aliphatic rings. The van der Waals surface area contributed by atoms with Gasteiger partial charge in [-0.05, 0) is 30.3 Å². The second-order valence-corrected chi connectivity index (χ2v) is 3.97. The van der Waals surface area contributed by atoms with Gasteiger partial charge >= 0.3 is 0 Å². The Morgan fingerprint density at radius 1 is 1.05 bits per heavy atom. The summed E-state index contributed by atoms with van der Waals surface area (Å²) in [6, 6.07) is 15.3. The Labute approximate surface area is 110 Å². The maximum absolute atomic E-state index is 13.6. The molecule has 0 heterocycles. The first-order chi connectivity index (χ1) is 9.17. The predicted molar refractivity (Wildman–Crippen MR) is 70.3 cm³/mol. The van der Waals surface area contributed by atoms with Crippen LogP contribution in [0, 0.1) is 28.5 Å². The smallest absolute Gasteiger partial charge is 0.143 e. The lowest BCUT2D eigenvalue weighted by Crippen LogP contribution is -2.11. The van der Waals surface area contributed by atoms with Gasteiger partial charge in [-0.3, -0.25) is 0 Å². The molecule has 0 unspecified atom stereocenters. The van der Waals surface area contributed by atoms with Gasteiger partial charge in [-0.2, -0.15) is 10.5 Å². The first kappa shape index (κ1) is 12.6. The normalized spacial score (nSPS) is 9.47. The minimum atomic E-state index is -0.553. The Kier molecular flexibility index (Phi) is 3.45. The van der Waals surface area contributed by atoms with Gasteiger partial charge in [0.05, 0.1) is 17.3 Å². The molecule has 3 nitrogen and oxygen atoms in total. The van der Waals surface area contributed by atoms with E-state index in [1.54, 1.807) is 48.3 Å². The van der Waals surface area contributed by atoms with E-state index in [0.717, 1.165) is 5.69 Å². The summed E-state index contributed by atoms with van der Waals surface area (Å²) in [6.07, 6.45) is 0. The third-order valence-electron chi connectivity index (χ3n) is 2.83. The predicted octanol–water partition coefficient (Wildman–Crippen LogP) is 3.34. The van der Waals surface area contributed by atoms with Gasteiger partial charge in [0.25, 0.3) is 0 Å². The molecule has 0 saturated carbocycles. The molecule has 0 atom stereocenters. The molecule has 0 bridgehead atoms. The maximum atomic E-state index is 13.6. The maximum Gasteiger partial charge on any atom is 0.143 e. The van der Waals surface area contributed by atoms with Gasteiger partial charge in [0.15, 0.2) is 0 Å². The van der Waals surface area contributed by atoms with Crippen LogP contribution in [0.4, 0.5) is 15.8 Å². The van der Waals surface area contributed by atoms with Crippen molar-refractivity contribution in [1.29, 1.82) is 10.5 Å². The van der Waals surface area contributed by atoms with Gasteiger partial charge in [0, 0.05) is 12.7 Å². The van der Waals surface area contributed by atoms with Crippen LogP contribution in [0.2, 0.25) is 0 Å². The van der Waals surface area contributed by atoms with E-state index in [2.05, 4.69) is 0 Å². The topological polar surface area (TPSA) is 50.8 Å². The summed E-state index contributed by atoms with van der Waals surface area (Å²) in [4.78, 5) is 1.68. The molecule has 0 amide bonds. The van der Waals surface area contributed by atoms with E-state index in [1.165, 1.54) is 6.07 Å². The Morgan fingerprint density at radius 3 is 2.47 bits per heavy atom. The zero-order valence-corrected chi connectivity index (χ0v) is 10.3. The third kappa shape index (κ3) is 2.38. The first-order valence-electron chi connectivity index (χ1n) is 5.60. The number of rotatable bonds is 2. The van der Waals surface area contributed by atoms with Crippen molar-refractivity contribution in [2.24, 2.45) is 0 Å². The lowest BCUT2D eigenvalue weighted by molar-refractivity contribution is 0.624. The molecule has 92 valence electrons. The van der Waals surface area contributed by atoms with Crippen LogP contribution in [0.1, 0.15) is 11.1 Å². The molecule has 19 heavy (non-hydrogen) atoms. The van der Waals surface area contributed by atoms with Gasteiger partial charge in [-0.1, -0.05) is 12.1 Å². The molecule has 0 aromatic heterocycles. The van der Waals surface area contributed by atoms with Crippen molar-refractivity contribution in [3.05, 3.63) is 59.4 Å². The molecule has 0 N–H and O–H groups in total. The molecule has 2 aromatic carbocycles. The van der Waals surface area contributed by atoms with Crippen molar-refractivity contribution < 1.29 is 4.39 Å². The third-order valence-corrected chi connectivity index (χ3v) is 2.83. The summed E-state index contributed by atoms with van der Waals surface area (Å²) in [5.74, 6) is -0.553. The van der Waals surface area contributed by atoms with E-state index in [0.29, 0.717) is 11.3 Å². The van der Waals surface area contributed by atoms with Crippen LogP contribution in [0.3, 0.4) is 0 Å². The zero-order valence-electron chi connectivity index (χ0n) is 10.3. The zero-order chi connectivity index (χ0) is 13.8. The van der Waals surface area contributed by atoms with Crippen LogP contribution in [-0.2, 0) is 0 Å². The molecule has 0 fully saturated rings. The lowest BCUT2D eigenvalue weighted by atomic mass is 10.1. The van der Waals surface area contributed by atoms with Gasteiger partial charge < -0.3 is 4.90 Å². The van der Waals surface area contributed by atoms with Gasteiger partial charge in [0.2, 0.25) is 0 Å². The van der Waals surface area contributed by atoms with Crippen molar-refractivity contribution in [3.8, 4) is 12.1 Å². The monoisotopic (exact) mass is 251 g/mol. The quantitative estimate of drug-likeness (QED) is 0.822. The Morgan fingerprint density at radius 2 is 1.79 bits per heavy atom. The number of nitrogens with zero attached hydrogens (tertiary/aromatic N) is 3. The largest absolute Gasteiger partial charge is 0.343 e. The van der Waals surface area contributed by atoms with E-state index < -0.39 is 5.82 Å². The average Bonchev–Trinajstić information content (AvgIpc) is 2.46. The number of hydrogen-bond donors (Lipinski definition) is 0. The molecule has 0 aliphatic heterocycles. The summed E-state index contributed by atoms with van der Waals surface area (Å²) < 4.78 is 13.6. The molecule has 2 rings (SSSR count). The summed E-state index contributed by atoms with van der Waals surface area (Å²) in [5, 5.41) is 17.9. The van der Waals surface area contributed by atoms with Crippen LogP contribution >= 0.6 is 0 Å². The molecule has 0 spiro atoms. The highest BCUT2D eigenvalue weighted by Gasteiger charge is 2.13. The van der Waals surface area contributed by atoms with Crippen LogP contribution < -0.4 is 4.90 Å². The molecule has 4 heteroatoms. The van der Waals surface area contributed by atoms with E-state index in [1.807, 2.05) is 12.1 Å². The standard InChI is InChI=1S/C15H10FN3/c1-19(12-5-2-4-11(8-12)9-17)15-7-3-6-14(16)13(15)10-18/h2-8H,1H3. The van der Waals surface area contributed by atoms with Crippen LogP contribution in [0.5, 0.6) is 0 Å². The Hall–Kier alpha value is -2.85. The van der Waals surface area contributed by atoms with E-state index in [4.69, 9.17) is 10.5 Å². The highest BCUT2D eigenvalue weighted by atomic mass is 19.1. The highest BCUT2D eigenvalue weighted by Crippen LogP contribution is 2.28. The fourth-order valence-electron chi connectivity index (χ4n) is 1.83. The van der Waals surface area contributed by atoms with Gasteiger partial charge in [0.1, 0.15) is 17.4 Å². The average molecular weight is 251 g/mol. The van der Waals surface area contributed by atoms with Gasteiger partial charge in [-0.15, -0.1) is 0 Å². The fraction of sp³-hybridized carbons (Fsp3) is 0.0667. The van der Waals surface area contributed by atoms with Gasteiger partial charge in [-0.25, -0.2) is 4.39 Å². The van der Waals surface area contributed by atoms with E-state index in [-0.39, 0.29) is 5.56 Å². The molecule has 2 aromatic rings. The lowest BCUT2D eigenvalue weighted by Gasteiger charge is -2.20. The molecular formula is C15H10FN3. The number of halogens is 1. The fourth-order valence-corrected chi connectivity index (χ4v) is 1.83. The number of benzene rings is 2. The van der Waals surface area contributed by atoms with Crippen molar-refractivity contribution >= 4 is 11.4 Å². The summed E-state index contributed by atoms with van der Waals surface area (Å²) in [6.45, 7) is 0. The van der Waals surface area contributed by atoms with Crippen LogP contribution in [0.15, 0.2) is 42.5 Å². The summed E-state index contributed by atoms with van der Waals surface area (Å²) in [7, 11) is 1.73. The Balaban J connectivity index is 2.51. The van der Waals surface area contributed by atoms with Crippen molar-refractivity contribution in [2.75, 3.05) is 11.9 Å². The SMILES string of the molecule is CN(c1cccc(C#N)c1)c1cccc(F)c1C#N. The minimum absolute atomic E-state index is 0.00707. The number of hydrogen-bond acceptors (Lipinski definition) is 3. The number of anilines is 2. The molecule has 0 saturated heterocycles. The van der Waals surface area contributed by atoms with Crippen molar-refractivity contribution in [3.63, 3.8) is 0 Å². The van der Waals surface area contributed by atoms with E-state index >= 15 is 0 Å². The van der Waals surface area contributed by atoms with Crippen molar-refractivity contribution in [2.45, 2.75) is 0 Å². The minimum Gasteiger partial charge on any atom is -0.343 e. The summed E-state index contributed by atoms with van der Waals surface area (Å²) >= 11 is 0. The molecular weight excluding hydrogens is 241 g/mol. The Bertz CT molecular complexity index is 695. The van der Waals surface area contributed by atoms with Crippen LogP contribution in [-0.4, -0.2) is 7.05 Å². The second kappa shape index (κ2) is 5.20. The van der Waals surface area contributed by atoms with Crippen LogP contribution in [0.25, 0.3) is 0 Å².